The number of benzene rings is 2. The van der Waals surface area contributed by atoms with Gasteiger partial charge in [0.05, 0.1) is 34.8 Å². The van der Waals surface area contributed by atoms with E-state index < -0.39 is 11.9 Å². The third kappa shape index (κ3) is 4.40. The van der Waals surface area contributed by atoms with Crippen LogP contribution in [0.3, 0.4) is 0 Å². The lowest BCUT2D eigenvalue weighted by molar-refractivity contribution is -0.136. The molecule has 1 aromatic heterocycles. The van der Waals surface area contributed by atoms with Gasteiger partial charge in [-0.3, -0.25) is 9.36 Å². The minimum Gasteiger partial charge on any atom is -0.466 e. The van der Waals surface area contributed by atoms with Gasteiger partial charge < -0.3 is 10.5 Å². The number of fused-ring (bicyclic) bond motifs is 1. The topological polar surface area (TPSA) is 98.1 Å². The van der Waals surface area contributed by atoms with Crippen LogP contribution in [0.1, 0.15) is 67.7 Å². The monoisotopic (exact) mass is 499 g/mol. The standard InChI is InChI=1S/C29H29N3O3S/c1-16(2)19-8-6-18(7-9-19)14-23-27(33)32-26(31)25(29(34)35-5)24(22(15-30)28(32)36-23)21-12-10-20(11-13-21)17(3)4/h6-14,16-17,24H,31H2,1-5H3. The fourth-order valence-corrected chi connectivity index (χ4v) is 5.53. The second-order valence-corrected chi connectivity index (χ2v) is 10.5. The summed E-state index contributed by atoms with van der Waals surface area (Å²) < 4.78 is 7.16. The summed E-state index contributed by atoms with van der Waals surface area (Å²) >= 11 is 1.20. The molecule has 2 heterocycles. The molecule has 0 bridgehead atoms. The zero-order valence-electron chi connectivity index (χ0n) is 21.0. The zero-order valence-corrected chi connectivity index (χ0v) is 21.8. The fourth-order valence-electron chi connectivity index (χ4n) is 4.40. The quantitative estimate of drug-likeness (QED) is 0.539. The van der Waals surface area contributed by atoms with E-state index in [0.717, 1.165) is 16.7 Å². The van der Waals surface area contributed by atoms with Gasteiger partial charge in [-0.25, -0.2) is 4.79 Å². The van der Waals surface area contributed by atoms with Gasteiger partial charge in [-0.2, -0.15) is 5.26 Å². The van der Waals surface area contributed by atoms with Gasteiger partial charge in [-0.1, -0.05) is 76.2 Å². The van der Waals surface area contributed by atoms with Gasteiger partial charge in [0.2, 0.25) is 0 Å². The third-order valence-electron chi connectivity index (χ3n) is 6.51. The van der Waals surface area contributed by atoms with Gasteiger partial charge in [0, 0.05) is 0 Å². The van der Waals surface area contributed by atoms with Gasteiger partial charge in [-0.15, -0.1) is 11.3 Å². The Hall–Kier alpha value is -3.89. The molecule has 0 amide bonds. The van der Waals surface area contributed by atoms with Gasteiger partial charge in [0.15, 0.2) is 0 Å². The summed E-state index contributed by atoms with van der Waals surface area (Å²) in [4.78, 5) is 26.3. The molecule has 1 aliphatic heterocycles. The number of carbonyl (C=O) groups excluding carboxylic acids is 1. The Labute approximate surface area is 214 Å². The van der Waals surface area contributed by atoms with Crippen molar-refractivity contribution in [2.24, 2.45) is 5.73 Å². The van der Waals surface area contributed by atoms with Crippen molar-refractivity contribution in [2.45, 2.75) is 45.4 Å². The number of thiazole rings is 1. The molecule has 36 heavy (non-hydrogen) atoms. The summed E-state index contributed by atoms with van der Waals surface area (Å²) in [5.41, 5.74) is 10.4. The second kappa shape index (κ2) is 10.00. The van der Waals surface area contributed by atoms with Crippen molar-refractivity contribution in [1.82, 2.24) is 4.57 Å². The molecule has 6 nitrogen and oxygen atoms in total. The number of ether oxygens (including phenoxy) is 1. The maximum Gasteiger partial charge on any atom is 0.338 e. The van der Waals surface area contributed by atoms with E-state index in [0.29, 0.717) is 26.6 Å². The third-order valence-corrected chi connectivity index (χ3v) is 7.62. The van der Waals surface area contributed by atoms with Crippen LogP contribution in [0.4, 0.5) is 0 Å². The summed E-state index contributed by atoms with van der Waals surface area (Å²) in [5, 5.41) is 10.2. The van der Waals surface area contributed by atoms with Crippen molar-refractivity contribution < 1.29 is 9.53 Å². The summed E-state index contributed by atoms with van der Waals surface area (Å²) in [5.74, 6) is -0.679. The number of carbonyl (C=O) groups is 1. The van der Waals surface area contributed by atoms with Crippen molar-refractivity contribution in [3.63, 3.8) is 0 Å². The molecule has 0 radical (unpaired) electrons. The van der Waals surface area contributed by atoms with Gasteiger partial charge in [0.1, 0.15) is 10.5 Å². The Kier molecular flexibility index (Phi) is 7.00. The van der Waals surface area contributed by atoms with Gasteiger partial charge in [-0.05, 0) is 40.2 Å². The largest absolute Gasteiger partial charge is 0.466 e. The molecule has 0 fully saturated rings. The van der Waals surface area contributed by atoms with Crippen molar-refractivity contribution >= 4 is 34.8 Å². The van der Waals surface area contributed by atoms with Crippen molar-refractivity contribution in [2.75, 3.05) is 7.11 Å². The van der Waals surface area contributed by atoms with E-state index in [9.17, 15) is 14.9 Å². The molecular weight excluding hydrogens is 470 g/mol. The Balaban J connectivity index is 1.98. The second-order valence-electron chi connectivity index (χ2n) is 9.45. The molecule has 7 heteroatoms. The lowest BCUT2D eigenvalue weighted by Crippen LogP contribution is -2.40. The molecule has 0 spiro atoms. The van der Waals surface area contributed by atoms with Crippen molar-refractivity contribution in [1.29, 1.82) is 5.26 Å². The predicted molar refractivity (Wildman–Crippen MR) is 144 cm³/mol. The first-order valence-electron chi connectivity index (χ1n) is 11.8. The number of methoxy groups -OCH3 is 1. The maximum absolute atomic E-state index is 13.4. The molecule has 0 saturated carbocycles. The number of nitrogens with zero attached hydrogens (tertiary/aromatic N) is 2. The first kappa shape index (κ1) is 25.2. The summed E-state index contributed by atoms with van der Waals surface area (Å²) in [6, 6.07) is 18.0. The van der Waals surface area contributed by atoms with E-state index in [-0.39, 0.29) is 17.0 Å². The molecule has 4 rings (SSSR count). The van der Waals surface area contributed by atoms with E-state index >= 15 is 0 Å². The lowest BCUT2D eigenvalue weighted by Gasteiger charge is -2.25. The minimum atomic E-state index is -0.736. The molecule has 2 aromatic carbocycles. The van der Waals surface area contributed by atoms with Crippen LogP contribution in [0, 0.1) is 11.3 Å². The molecule has 2 N–H and O–H groups in total. The van der Waals surface area contributed by atoms with Crippen molar-refractivity contribution in [3.8, 4) is 6.07 Å². The predicted octanol–water partition coefficient (Wildman–Crippen LogP) is 3.76. The van der Waals surface area contributed by atoms with Crippen LogP contribution in [0.25, 0.3) is 17.5 Å². The van der Waals surface area contributed by atoms with Crippen LogP contribution >= 0.6 is 11.3 Å². The lowest BCUT2D eigenvalue weighted by atomic mass is 9.83. The van der Waals surface area contributed by atoms with Crippen LogP contribution in [0.15, 0.2) is 58.9 Å². The van der Waals surface area contributed by atoms with Crippen LogP contribution in [-0.2, 0) is 9.53 Å². The Bertz CT molecular complexity index is 1560. The first-order valence-corrected chi connectivity index (χ1v) is 12.7. The first-order chi connectivity index (χ1) is 17.2. The molecule has 1 aliphatic rings. The average molecular weight is 500 g/mol. The number of aromatic nitrogens is 1. The highest BCUT2D eigenvalue weighted by Crippen LogP contribution is 2.37. The minimum absolute atomic E-state index is 0.00941. The van der Waals surface area contributed by atoms with E-state index in [4.69, 9.17) is 10.5 Å². The summed E-state index contributed by atoms with van der Waals surface area (Å²) in [6.07, 6.45) is 1.79. The van der Waals surface area contributed by atoms with Crippen LogP contribution in [-0.4, -0.2) is 17.6 Å². The molecule has 184 valence electrons. The van der Waals surface area contributed by atoms with Crippen LogP contribution in [0.5, 0.6) is 0 Å². The summed E-state index contributed by atoms with van der Waals surface area (Å²) in [7, 11) is 1.26. The highest BCUT2D eigenvalue weighted by atomic mass is 32.1. The van der Waals surface area contributed by atoms with E-state index in [1.54, 1.807) is 6.08 Å². The normalized spacial score (nSPS) is 15.9. The molecular formula is C29H29N3O3S. The number of nitriles is 1. The highest BCUT2D eigenvalue weighted by molar-refractivity contribution is 7.07. The Morgan fingerprint density at radius 3 is 2.11 bits per heavy atom. The van der Waals surface area contributed by atoms with Crippen LogP contribution in [0.2, 0.25) is 0 Å². The number of rotatable bonds is 5. The smallest absolute Gasteiger partial charge is 0.338 e. The molecule has 3 aromatic rings. The Morgan fingerprint density at radius 1 is 1.06 bits per heavy atom. The molecule has 0 saturated heterocycles. The Morgan fingerprint density at radius 2 is 1.61 bits per heavy atom. The zero-order chi connectivity index (χ0) is 26.1. The number of hydrogen-bond donors (Lipinski definition) is 1. The van der Waals surface area contributed by atoms with E-state index in [2.05, 4.69) is 33.8 Å². The number of esters is 1. The fraction of sp³-hybridized carbons (Fsp3) is 0.276. The summed E-state index contributed by atoms with van der Waals surface area (Å²) in [6.45, 7) is 8.44. The average Bonchev–Trinajstić information content (AvgIpc) is 3.19. The van der Waals surface area contributed by atoms with Gasteiger partial charge in [0.25, 0.3) is 5.56 Å². The molecule has 1 unspecified atom stereocenters. The highest BCUT2D eigenvalue weighted by Gasteiger charge is 2.36. The SMILES string of the molecule is COC(=O)C1=C(N)n2c(sc(=Cc3ccc(C(C)C)cc3)c2=O)=C(C#N)C1c1ccc(C(C)C)cc1. The number of hydrogen-bond acceptors (Lipinski definition) is 6. The van der Waals surface area contributed by atoms with E-state index in [1.165, 1.54) is 28.6 Å². The van der Waals surface area contributed by atoms with Crippen LogP contribution < -0.4 is 20.5 Å². The molecule has 1 atom stereocenters. The number of nitrogens with two attached hydrogens (primary N) is 1. The van der Waals surface area contributed by atoms with E-state index in [1.807, 2.05) is 48.5 Å². The maximum atomic E-state index is 13.4. The van der Waals surface area contributed by atoms with Gasteiger partial charge >= 0.3 is 5.97 Å². The van der Waals surface area contributed by atoms with Crippen molar-refractivity contribution in [3.05, 3.63) is 95.9 Å². The molecule has 0 aliphatic carbocycles.